The minimum atomic E-state index is -0.593. The van der Waals surface area contributed by atoms with Crippen LogP contribution in [0.2, 0.25) is 0 Å². The van der Waals surface area contributed by atoms with Crippen molar-refractivity contribution in [2.24, 2.45) is 11.8 Å². The summed E-state index contributed by atoms with van der Waals surface area (Å²) in [6, 6.07) is 0. The highest BCUT2D eigenvalue weighted by Gasteiger charge is 2.38. The molecule has 0 aromatic heterocycles. The lowest BCUT2D eigenvalue weighted by atomic mass is 9.98. The Kier molecular flexibility index (Phi) is 2.68. The molecule has 68 valence electrons. The Morgan fingerprint density at radius 2 is 2.42 bits per heavy atom. The summed E-state index contributed by atoms with van der Waals surface area (Å²) < 4.78 is 4.77. The summed E-state index contributed by atoms with van der Waals surface area (Å²) in [5.74, 6) is -1.15. The topological polar surface area (TPSA) is 55.4 Å². The highest BCUT2D eigenvalue weighted by molar-refractivity contribution is 5.99. The lowest BCUT2D eigenvalue weighted by Crippen LogP contribution is -2.28. The number of amides is 1. The molecule has 0 aromatic rings. The van der Waals surface area contributed by atoms with E-state index >= 15 is 0 Å². The number of rotatable bonds is 2. The van der Waals surface area contributed by atoms with Crippen LogP contribution in [-0.4, -0.2) is 25.0 Å². The monoisotopic (exact) mass is 171 g/mol. The van der Waals surface area contributed by atoms with Gasteiger partial charge < -0.3 is 10.1 Å². The highest BCUT2D eigenvalue weighted by Crippen LogP contribution is 2.18. The minimum absolute atomic E-state index is 0.0524. The van der Waals surface area contributed by atoms with Crippen molar-refractivity contribution >= 4 is 11.9 Å². The van der Waals surface area contributed by atoms with E-state index in [0.29, 0.717) is 13.2 Å². The van der Waals surface area contributed by atoms with Gasteiger partial charge in [-0.15, -0.1) is 0 Å². The van der Waals surface area contributed by atoms with E-state index < -0.39 is 11.9 Å². The van der Waals surface area contributed by atoms with Gasteiger partial charge in [-0.2, -0.15) is 0 Å². The first-order chi connectivity index (χ1) is 5.66. The Morgan fingerprint density at radius 3 is 2.83 bits per heavy atom. The van der Waals surface area contributed by atoms with E-state index in [9.17, 15) is 9.59 Å². The van der Waals surface area contributed by atoms with Crippen molar-refractivity contribution in [1.29, 1.82) is 0 Å². The molecular formula is C8H13NO3. The van der Waals surface area contributed by atoms with Gasteiger partial charge in [-0.1, -0.05) is 6.92 Å². The fourth-order valence-corrected chi connectivity index (χ4v) is 1.32. The van der Waals surface area contributed by atoms with Gasteiger partial charge >= 0.3 is 5.97 Å². The van der Waals surface area contributed by atoms with Crippen molar-refractivity contribution in [2.45, 2.75) is 13.8 Å². The number of hydrogen-bond donors (Lipinski definition) is 1. The van der Waals surface area contributed by atoms with Gasteiger partial charge in [-0.05, 0) is 12.8 Å². The number of esters is 1. The second-order valence-electron chi connectivity index (χ2n) is 2.95. The van der Waals surface area contributed by atoms with Gasteiger partial charge in [0.05, 0.1) is 6.61 Å². The van der Waals surface area contributed by atoms with Gasteiger partial charge in [0.25, 0.3) is 0 Å². The first-order valence-corrected chi connectivity index (χ1v) is 4.11. The van der Waals surface area contributed by atoms with E-state index in [1.54, 1.807) is 6.92 Å². The molecule has 0 bridgehead atoms. The average Bonchev–Trinajstić information content (AvgIpc) is 2.32. The molecule has 0 spiro atoms. The van der Waals surface area contributed by atoms with Crippen LogP contribution in [-0.2, 0) is 14.3 Å². The Balaban J connectivity index is 2.59. The maximum Gasteiger partial charge on any atom is 0.318 e. The van der Waals surface area contributed by atoms with Gasteiger partial charge in [-0.25, -0.2) is 0 Å². The molecule has 4 nitrogen and oxygen atoms in total. The van der Waals surface area contributed by atoms with Crippen molar-refractivity contribution in [1.82, 2.24) is 5.32 Å². The third-order valence-corrected chi connectivity index (χ3v) is 1.99. The summed E-state index contributed by atoms with van der Waals surface area (Å²) in [7, 11) is 0. The Morgan fingerprint density at radius 1 is 1.75 bits per heavy atom. The summed E-state index contributed by atoms with van der Waals surface area (Å²) in [6.07, 6.45) is 0. The lowest BCUT2D eigenvalue weighted by molar-refractivity contribution is -0.151. The van der Waals surface area contributed by atoms with Crippen molar-refractivity contribution in [2.75, 3.05) is 13.2 Å². The van der Waals surface area contributed by atoms with Crippen molar-refractivity contribution in [3.63, 3.8) is 0 Å². The summed E-state index contributed by atoms with van der Waals surface area (Å²) in [4.78, 5) is 22.3. The third kappa shape index (κ3) is 1.57. The molecule has 12 heavy (non-hydrogen) atoms. The van der Waals surface area contributed by atoms with Gasteiger partial charge in [-0.3, -0.25) is 9.59 Å². The van der Waals surface area contributed by atoms with Crippen LogP contribution in [0.25, 0.3) is 0 Å². The van der Waals surface area contributed by atoms with Crippen molar-refractivity contribution in [3.05, 3.63) is 0 Å². The zero-order chi connectivity index (χ0) is 9.14. The molecule has 4 heteroatoms. The van der Waals surface area contributed by atoms with E-state index in [0.717, 1.165) is 0 Å². The molecule has 1 rings (SSSR count). The molecule has 1 fully saturated rings. The molecular weight excluding hydrogens is 158 g/mol. The maximum absolute atomic E-state index is 11.2. The summed E-state index contributed by atoms with van der Waals surface area (Å²) in [6.45, 7) is 4.49. The van der Waals surface area contributed by atoms with Gasteiger partial charge in [0, 0.05) is 6.54 Å². The van der Waals surface area contributed by atoms with Gasteiger partial charge in [0.2, 0.25) is 5.91 Å². The Labute approximate surface area is 71.3 Å². The Hall–Kier alpha value is -1.06. The van der Waals surface area contributed by atoms with Crippen LogP contribution in [0.3, 0.4) is 0 Å². The predicted molar refractivity (Wildman–Crippen MR) is 42.3 cm³/mol. The average molecular weight is 171 g/mol. The number of nitrogens with one attached hydrogen (secondary N) is 1. The number of carbonyl (C=O) groups is 2. The number of ether oxygens (including phenoxy) is 1. The number of hydrogen-bond acceptors (Lipinski definition) is 3. The Bertz CT molecular complexity index is 202. The molecule has 1 saturated heterocycles. The fourth-order valence-electron chi connectivity index (χ4n) is 1.32. The first kappa shape index (κ1) is 9.03. The molecule has 1 aliphatic rings. The zero-order valence-corrected chi connectivity index (χ0v) is 7.29. The molecule has 0 aliphatic carbocycles. The molecule has 1 heterocycles. The lowest BCUT2D eigenvalue weighted by Gasteiger charge is -2.09. The predicted octanol–water partition coefficient (Wildman–Crippen LogP) is -0.0684. The molecule has 0 radical (unpaired) electrons. The minimum Gasteiger partial charge on any atom is -0.465 e. The smallest absolute Gasteiger partial charge is 0.318 e. The zero-order valence-electron chi connectivity index (χ0n) is 7.29. The summed E-state index contributed by atoms with van der Waals surface area (Å²) in [5.41, 5.74) is 0. The van der Waals surface area contributed by atoms with Crippen LogP contribution in [0.1, 0.15) is 13.8 Å². The normalized spacial score (nSPS) is 28.3. The van der Waals surface area contributed by atoms with E-state index in [1.165, 1.54) is 0 Å². The largest absolute Gasteiger partial charge is 0.465 e. The highest BCUT2D eigenvalue weighted by atomic mass is 16.5. The van der Waals surface area contributed by atoms with Gasteiger partial charge in [0.15, 0.2) is 0 Å². The maximum atomic E-state index is 11.2. The third-order valence-electron chi connectivity index (χ3n) is 1.99. The SMILES string of the molecule is CCOC(=O)[C@@H]1C(=O)NC[C@H]1C. The molecule has 2 atom stereocenters. The van der Waals surface area contributed by atoms with Crippen LogP contribution >= 0.6 is 0 Å². The van der Waals surface area contributed by atoms with Crippen LogP contribution in [0, 0.1) is 11.8 Å². The van der Waals surface area contributed by atoms with Crippen LogP contribution < -0.4 is 5.32 Å². The van der Waals surface area contributed by atoms with Crippen LogP contribution in [0.5, 0.6) is 0 Å². The molecule has 0 saturated carbocycles. The molecule has 1 N–H and O–H groups in total. The van der Waals surface area contributed by atoms with E-state index in [-0.39, 0.29) is 11.8 Å². The first-order valence-electron chi connectivity index (χ1n) is 4.11. The quantitative estimate of drug-likeness (QED) is 0.467. The van der Waals surface area contributed by atoms with E-state index in [4.69, 9.17) is 4.74 Å². The molecule has 0 aromatic carbocycles. The summed E-state index contributed by atoms with van der Waals surface area (Å²) >= 11 is 0. The molecule has 1 aliphatic heterocycles. The van der Waals surface area contributed by atoms with Crippen molar-refractivity contribution in [3.8, 4) is 0 Å². The van der Waals surface area contributed by atoms with E-state index in [2.05, 4.69) is 5.32 Å². The van der Waals surface area contributed by atoms with E-state index in [1.807, 2.05) is 6.92 Å². The fraction of sp³-hybridized carbons (Fsp3) is 0.750. The number of carbonyl (C=O) groups excluding carboxylic acids is 2. The molecule has 0 unspecified atom stereocenters. The standard InChI is InChI=1S/C8H13NO3/c1-3-12-8(11)6-5(2)4-9-7(6)10/h5-6H,3-4H2,1-2H3,(H,9,10)/t5-,6+/m1/s1. The van der Waals surface area contributed by atoms with Crippen molar-refractivity contribution < 1.29 is 14.3 Å². The van der Waals surface area contributed by atoms with Crippen LogP contribution in [0.4, 0.5) is 0 Å². The van der Waals surface area contributed by atoms with Crippen LogP contribution in [0.15, 0.2) is 0 Å². The second kappa shape index (κ2) is 3.56. The van der Waals surface area contributed by atoms with Gasteiger partial charge in [0.1, 0.15) is 5.92 Å². The summed E-state index contributed by atoms with van der Waals surface area (Å²) in [5, 5.41) is 2.62. The molecule has 1 amide bonds. The second-order valence-corrected chi connectivity index (χ2v) is 2.95.